The van der Waals surface area contributed by atoms with E-state index in [-0.39, 0.29) is 18.2 Å². The monoisotopic (exact) mass is 310 g/mol. The molecule has 1 aromatic rings. The summed E-state index contributed by atoms with van der Waals surface area (Å²) in [5.74, 6) is 1.07. The fourth-order valence-corrected chi connectivity index (χ4v) is 3.07. The average Bonchev–Trinajstić information content (AvgIpc) is 2.45. The zero-order valence-corrected chi connectivity index (χ0v) is 13.8. The maximum absolute atomic E-state index is 12.1. The number of ketones is 1. The second kappa shape index (κ2) is 8.08. The van der Waals surface area contributed by atoms with Gasteiger partial charge in [-0.1, -0.05) is 12.1 Å². The van der Waals surface area contributed by atoms with E-state index in [1.54, 1.807) is 21.0 Å². The molecule has 0 bridgehead atoms. The summed E-state index contributed by atoms with van der Waals surface area (Å²) in [7, 11) is 1.62. The molecule has 0 aliphatic heterocycles. The van der Waals surface area contributed by atoms with Gasteiger partial charge in [0.25, 0.3) is 0 Å². The third-order valence-electron chi connectivity index (χ3n) is 3.01. The molecular formula is C16H22O4S. The average molecular weight is 310 g/mol. The molecule has 116 valence electrons. The molecule has 0 N–H and O–H groups in total. The first kappa shape index (κ1) is 17.6. The molecular weight excluding hydrogens is 288 g/mol. The highest BCUT2D eigenvalue weighted by Crippen LogP contribution is 2.33. The van der Waals surface area contributed by atoms with Gasteiger partial charge in [0.2, 0.25) is 0 Å². The lowest BCUT2D eigenvalue weighted by Crippen LogP contribution is -2.35. The van der Waals surface area contributed by atoms with E-state index in [0.29, 0.717) is 12.4 Å². The van der Waals surface area contributed by atoms with Crippen LogP contribution in [0.4, 0.5) is 0 Å². The van der Waals surface area contributed by atoms with Gasteiger partial charge in [0.15, 0.2) is 0 Å². The molecule has 0 aliphatic rings. The first-order valence-corrected chi connectivity index (χ1v) is 7.83. The summed E-state index contributed by atoms with van der Waals surface area (Å²) in [4.78, 5) is 23.5. The van der Waals surface area contributed by atoms with Crippen LogP contribution in [0.25, 0.3) is 0 Å². The molecule has 5 heteroatoms. The van der Waals surface area contributed by atoms with Gasteiger partial charge in [-0.3, -0.25) is 9.59 Å². The van der Waals surface area contributed by atoms with Gasteiger partial charge < -0.3 is 9.47 Å². The van der Waals surface area contributed by atoms with Crippen LogP contribution in [0, 0.1) is 0 Å². The maximum Gasteiger partial charge on any atom is 0.322 e. The molecule has 21 heavy (non-hydrogen) atoms. The molecule has 0 heterocycles. The Kier molecular flexibility index (Phi) is 6.75. The number of thioether (sulfide) groups is 1. The largest absolute Gasteiger partial charge is 0.497 e. The van der Waals surface area contributed by atoms with Crippen molar-refractivity contribution in [2.45, 2.75) is 37.7 Å². The number of Topliss-reactive ketones (excluding diaryl/α,β-unsaturated/α-hetero) is 1. The summed E-state index contributed by atoms with van der Waals surface area (Å²) in [6, 6.07) is 7.65. The highest BCUT2D eigenvalue weighted by Gasteiger charge is 2.36. The quantitative estimate of drug-likeness (QED) is 0.690. The molecule has 0 radical (unpaired) electrons. The number of ether oxygens (including phenoxy) is 2. The van der Waals surface area contributed by atoms with Crippen molar-refractivity contribution in [1.82, 2.24) is 0 Å². The number of rotatable bonds is 8. The zero-order chi connectivity index (χ0) is 15.9. The second-order valence-electron chi connectivity index (χ2n) is 4.97. The summed E-state index contributed by atoms with van der Waals surface area (Å²) < 4.78 is 9.37. The number of methoxy groups -OCH3 is 1. The van der Waals surface area contributed by atoms with Crippen molar-refractivity contribution in [3.05, 3.63) is 29.8 Å². The van der Waals surface area contributed by atoms with Crippen molar-refractivity contribution in [1.29, 1.82) is 0 Å². The second-order valence-corrected chi connectivity index (χ2v) is 6.45. The van der Waals surface area contributed by atoms with Crippen LogP contribution < -0.4 is 4.74 Å². The van der Waals surface area contributed by atoms with Gasteiger partial charge in [-0.15, -0.1) is 11.8 Å². The van der Waals surface area contributed by atoms with E-state index >= 15 is 0 Å². The lowest BCUT2D eigenvalue weighted by atomic mass is 10.1. The van der Waals surface area contributed by atoms with Crippen molar-refractivity contribution in [2.24, 2.45) is 0 Å². The first-order valence-electron chi connectivity index (χ1n) is 6.85. The number of carbonyl (C=O) groups excluding carboxylic acids is 2. The van der Waals surface area contributed by atoms with Gasteiger partial charge in [-0.2, -0.15) is 0 Å². The number of esters is 1. The van der Waals surface area contributed by atoms with E-state index in [1.807, 2.05) is 24.3 Å². The predicted molar refractivity (Wildman–Crippen MR) is 84.6 cm³/mol. The fourth-order valence-electron chi connectivity index (χ4n) is 1.91. The molecule has 0 unspecified atom stereocenters. The SMILES string of the molecule is CCOC(=O)[C@](C)(CC(C)=O)SCc1ccc(OC)cc1. The van der Waals surface area contributed by atoms with Gasteiger partial charge in [-0.25, -0.2) is 0 Å². The zero-order valence-electron chi connectivity index (χ0n) is 13.0. The molecule has 4 nitrogen and oxygen atoms in total. The van der Waals surface area contributed by atoms with Crippen LogP contribution in [-0.4, -0.2) is 30.2 Å². The van der Waals surface area contributed by atoms with Crippen LogP contribution >= 0.6 is 11.8 Å². The van der Waals surface area contributed by atoms with Crippen molar-refractivity contribution >= 4 is 23.5 Å². The van der Waals surface area contributed by atoms with E-state index < -0.39 is 4.75 Å². The third-order valence-corrected chi connectivity index (χ3v) is 4.44. The van der Waals surface area contributed by atoms with Crippen molar-refractivity contribution in [2.75, 3.05) is 13.7 Å². The topological polar surface area (TPSA) is 52.6 Å². The Morgan fingerprint density at radius 3 is 2.33 bits per heavy atom. The Morgan fingerprint density at radius 2 is 1.86 bits per heavy atom. The summed E-state index contributed by atoms with van der Waals surface area (Å²) in [6.07, 6.45) is 0.173. The van der Waals surface area contributed by atoms with Crippen LogP contribution in [0.15, 0.2) is 24.3 Å². The molecule has 0 aliphatic carbocycles. The Bertz CT molecular complexity index is 484. The number of hydrogen-bond acceptors (Lipinski definition) is 5. The van der Waals surface area contributed by atoms with E-state index in [0.717, 1.165) is 11.3 Å². The van der Waals surface area contributed by atoms with Gasteiger partial charge in [-0.05, 0) is 38.5 Å². The van der Waals surface area contributed by atoms with Crippen LogP contribution in [0.5, 0.6) is 5.75 Å². The van der Waals surface area contributed by atoms with Gasteiger partial charge >= 0.3 is 5.97 Å². The Morgan fingerprint density at radius 1 is 1.24 bits per heavy atom. The summed E-state index contributed by atoms with van der Waals surface area (Å²) in [5.41, 5.74) is 1.07. The minimum absolute atomic E-state index is 0.0206. The third kappa shape index (κ3) is 5.42. The molecule has 0 amide bonds. The molecule has 0 spiro atoms. The summed E-state index contributed by atoms with van der Waals surface area (Å²) in [6.45, 7) is 5.33. The molecule has 0 saturated heterocycles. The molecule has 0 aromatic heterocycles. The smallest absolute Gasteiger partial charge is 0.322 e. The number of benzene rings is 1. The molecule has 0 fully saturated rings. The van der Waals surface area contributed by atoms with Gasteiger partial charge in [0.1, 0.15) is 16.3 Å². The number of hydrogen-bond donors (Lipinski definition) is 0. The van der Waals surface area contributed by atoms with Crippen LogP contribution in [-0.2, 0) is 20.1 Å². The van der Waals surface area contributed by atoms with E-state index in [9.17, 15) is 9.59 Å². The lowest BCUT2D eigenvalue weighted by molar-refractivity contribution is -0.146. The summed E-state index contributed by atoms with van der Waals surface area (Å²) in [5, 5.41) is 0. The Labute approximate surface area is 130 Å². The van der Waals surface area contributed by atoms with Crippen LogP contribution in [0.3, 0.4) is 0 Å². The van der Waals surface area contributed by atoms with Crippen molar-refractivity contribution in [3.63, 3.8) is 0 Å². The molecule has 0 saturated carbocycles. The van der Waals surface area contributed by atoms with Gasteiger partial charge in [0.05, 0.1) is 13.7 Å². The Balaban J connectivity index is 2.76. The normalized spacial score (nSPS) is 13.3. The van der Waals surface area contributed by atoms with E-state index in [2.05, 4.69) is 0 Å². The minimum Gasteiger partial charge on any atom is -0.497 e. The fraction of sp³-hybridized carbons (Fsp3) is 0.500. The molecule has 1 atom stereocenters. The highest BCUT2D eigenvalue weighted by molar-refractivity contribution is 8.00. The van der Waals surface area contributed by atoms with Gasteiger partial charge in [0, 0.05) is 12.2 Å². The number of carbonyl (C=O) groups is 2. The Hall–Kier alpha value is -1.49. The van der Waals surface area contributed by atoms with E-state index in [1.165, 1.54) is 18.7 Å². The molecule has 1 rings (SSSR count). The van der Waals surface area contributed by atoms with Crippen LogP contribution in [0.1, 0.15) is 32.8 Å². The lowest BCUT2D eigenvalue weighted by Gasteiger charge is -2.25. The predicted octanol–water partition coefficient (Wildman–Crippen LogP) is 3.23. The molecule has 1 aromatic carbocycles. The summed E-state index contributed by atoms with van der Waals surface area (Å²) >= 11 is 1.43. The van der Waals surface area contributed by atoms with Crippen molar-refractivity contribution < 1.29 is 19.1 Å². The highest BCUT2D eigenvalue weighted by atomic mass is 32.2. The van der Waals surface area contributed by atoms with Crippen LogP contribution in [0.2, 0.25) is 0 Å². The van der Waals surface area contributed by atoms with Crippen molar-refractivity contribution in [3.8, 4) is 5.75 Å². The standard InChI is InChI=1S/C16H22O4S/c1-5-20-15(18)16(3,10-12(2)17)21-11-13-6-8-14(19-4)9-7-13/h6-9H,5,10-11H2,1-4H3/t16-/m0/s1. The maximum atomic E-state index is 12.1. The van der Waals surface area contributed by atoms with E-state index in [4.69, 9.17) is 9.47 Å². The minimum atomic E-state index is -0.845. The first-order chi connectivity index (χ1) is 9.91.